The lowest BCUT2D eigenvalue weighted by atomic mass is 9.94. The van der Waals surface area contributed by atoms with Crippen molar-refractivity contribution in [1.82, 2.24) is 4.90 Å². The van der Waals surface area contributed by atoms with E-state index in [0.29, 0.717) is 12.5 Å². The topological polar surface area (TPSA) is 64.3 Å². The van der Waals surface area contributed by atoms with Crippen LogP contribution in [0.2, 0.25) is 0 Å². The SMILES string of the molecule is CC(C#N)C(=O)N1CCCC(CCO)C1. The van der Waals surface area contributed by atoms with Crippen LogP contribution in [0, 0.1) is 23.2 Å². The first-order valence-electron chi connectivity index (χ1n) is 5.48. The van der Waals surface area contributed by atoms with Gasteiger partial charge in [-0.25, -0.2) is 0 Å². The number of carbonyl (C=O) groups is 1. The lowest BCUT2D eigenvalue weighted by Gasteiger charge is -2.33. The van der Waals surface area contributed by atoms with Crippen LogP contribution in [0.25, 0.3) is 0 Å². The first kappa shape index (κ1) is 12.0. The Bertz CT molecular complexity index is 258. The lowest BCUT2D eigenvalue weighted by Crippen LogP contribution is -2.42. The molecule has 0 spiro atoms. The van der Waals surface area contributed by atoms with Gasteiger partial charge in [-0.3, -0.25) is 4.79 Å². The van der Waals surface area contributed by atoms with Gasteiger partial charge < -0.3 is 10.0 Å². The molecule has 1 saturated heterocycles. The monoisotopic (exact) mass is 210 g/mol. The van der Waals surface area contributed by atoms with Gasteiger partial charge in [-0.05, 0) is 32.1 Å². The van der Waals surface area contributed by atoms with Crippen LogP contribution in [0.3, 0.4) is 0 Å². The highest BCUT2D eigenvalue weighted by Gasteiger charge is 2.26. The summed E-state index contributed by atoms with van der Waals surface area (Å²) in [6.07, 6.45) is 2.81. The fourth-order valence-electron chi connectivity index (χ4n) is 2.01. The summed E-state index contributed by atoms with van der Waals surface area (Å²) < 4.78 is 0. The summed E-state index contributed by atoms with van der Waals surface area (Å²) in [6.45, 7) is 3.27. The van der Waals surface area contributed by atoms with Gasteiger partial charge in [0.05, 0.1) is 6.07 Å². The first-order chi connectivity index (χ1) is 7.19. The molecule has 84 valence electrons. The van der Waals surface area contributed by atoms with E-state index in [0.717, 1.165) is 25.8 Å². The molecule has 1 amide bonds. The molecule has 1 N–H and O–H groups in total. The second-order valence-corrected chi connectivity index (χ2v) is 4.16. The van der Waals surface area contributed by atoms with E-state index >= 15 is 0 Å². The average molecular weight is 210 g/mol. The fourth-order valence-corrected chi connectivity index (χ4v) is 2.01. The van der Waals surface area contributed by atoms with Crippen LogP contribution >= 0.6 is 0 Å². The number of piperidine rings is 1. The molecule has 2 atom stereocenters. The smallest absolute Gasteiger partial charge is 0.239 e. The van der Waals surface area contributed by atoms with E-state index in [1.165, 1.54) is 0 Å². The van der Waals surface area contributed by atoms with Crippen LogP contribution in [0.15, 0.2) is 0 Å². The molecule has 1 rings (SSSR count). The standard InChI is InChI=1S/C11H18N2O2/c1-9(7-12)11(15)13-5-2-3-10(8-13)4-6-14/h9-10,14H,2-6,8H2,1H3. The zero-order valence-electron chi connectivity index (χ0n) is 9.15. The van der Waals surface area contributed by atoms with Crippen molar-refractivity contribution in [2.45, 2.75) is 26.2 Å². The van der Waals surface area contributed by atoms with E-state index in [2.05, 4.69) is 0 Å². The third kappa shape index (κ3) is 3.21. The van der Waals surface area contributed by atoms with Crippen LogP contribution in [-0.2, 0) is 4.79 Å². The van der Waals surface area contributed by atoms with Crippen molar-refractivity contribution in [2.24, 2.45) is 11.8 Å². The molecule has 15 heavy (non-hydrogen) atoms. The van der Waals surface area contributed by atoms with Gasteiger partial charge in [0.25, 0.3) is 0 Å². The molecule has 1 heterocycles. The molecule has 4 heteroatoms. The number of aliphatic hydroxyl groups excluding tert-OH is 1. The van der Waals surface area contributed by atoms with Crippen molar-refractivity contribution in [3.63, 3.8) is 0 Å². The molecule has 0 bridgehead atoms. The van der Waals surface area contributed by atoms with Gasteiger partial charge in [0, 0.05) is 19.7 Å². The second kappa shape index (κ2) is 5.72. The highest BCUT2D eigenvalue weighted by atomic mass is 16.3. The van der Waals surface area contributed by atoms with Gasteiger partial charge >= 0.3 is 0 Å². The lowest BCUT2D eigenvalue weighted by molar-refractivity contribution is -0.135. The van der Waals surface area contributed by atoms with E-state index < -0.39 is 5.92 Å². The summed E-state index contributed by atoms with van der Waals surface area (Å²) in [5, 5.41) is 17.5. The Kier molecular flexibility index (Phi) is 4.57. The van der Waals surface area contributed by atoms with E-state index in [-0.39, 0.29) is 12.5 Å². The molecule has 0 aromatic rings. The molecule has 2 unspecified atom stereocenters. The van der Waals surface area contributed by atoms with Crippen molar-refractivity contribution in [3.8, 4) is 6.07 Å². The molecule has 0 aliphatic carbocycles. The number of rotatable bonds is 3. The number of amides is 1. The zero-order valence-corrected chi connectivity index (χ0v) is 9.15. The molecule has 1 fully saturated rings. The Morgan fingerprint density at radius 1 is 1.73 bits per heavy atom. The third-order valence-corrected chi connectivity index (χ3v) is 2.93. The van der Waals surface area contributed by atoms with Crippen molar-refractivity contribution in [1.29, 1.82) is 5.26 Å². The molecular weight excluding hydrogens is 192 g/mol. The van der Waals surface area contributed by atoms with Crippen LogP contribution < -0.4 is 0 Å². The minimum atomic E-state index is -0.544. The molecule has 0 aromatic carbocycles. The first-order valence-corrected chi connectivity index (χ1v) is 5.48. The van der Waals surface area contributed by atoms with Gasteiger partial charge in [-0.2, -0.15) is 5.26 Å². The summed E-state index contributed by atoms with van der Waals surface area (Å²) in [5.74, 6) is -0.211. The van der Waals surface area contributed by atoms with Gasteiger partial charge in [0.1, 0.15) is 5.92 Å². The van der Waals surface area contributed by atoms with E-state index in [4.69, 9.17) is 10.4 Å². The van der Waals surface area contributed by atoms with Crippen LogP contribution in [0.5, 0.6) is 0 Å². The predicted octanol–water partition coefficient (Wildman–Crippen LogP) is 0.767. The number of carbonyl (C=O) groups excluding carboxylic acids is 1. The van der Waals surface area contributed by atoms with Gasteiger partial charge in [-0.1, -0.05) is 0 Å². The second-order valence-electron chi connectivity index (χ2n) is 4.16. The van der Waals surface area contributed by atoms with Crippen molar-refractivity contribution < 1.29 is 9.90 Å². The van der Waals surface area contributed by atoms with Crippen LogP contribution in [-0.4, -0.2) is 35.6 Å². The Morgan fingerprint density at radius 2 is 2.47 bits per heavy atom. The highest BCUT2D eigenvalue weighted by Crippen LogP contribution is 2.20. The van der Waals surface area contributed by atoms with Gasteiger partial charge in [0.2, 0.25) is 5.91 Å². The number of hydrogen-bond donors (Lipinski definition) is 1. The molecule has 4 nitrogen and oxygen atoms in total. The minimum absolute atomic E-state index is 0.0693. The maximum atomic E-state index is 11.7. The minimum Gasteiger partial charge on any atom is -0.396 e. The Balaban J connectivity index is 2.49. The van der Waals surface area contributed by atoms with E-state index in [1.54, 1.807) is 11.8 Å². The summed E-state index contributed by atoms with van der Waals surface area (Å²) in [7, 11) is 0. The molecule has 0 radical (unpaired) electrons. The normalized spacial score (nSPS) is 23.3. The number of nitrogens with zero attached hydrogens (tertiary/aromatic N) is 2. The summed E-state index contributed by atoms with van der Waals surface area (Å²) in [4.78, 5) is 13.5. The maximum absolute atomic E-state index is 11.7. The number of nitriles is 1. The maximum Gasteiger partial charge on any atom is 0.239 e. The summed E-state index contributed by atoms with van der Waals surface area (Å²) in [6, 6.07) is 1.97. The predicted molar refractivity (Wildman–Crippen MR) is 55.8 cm³/mol. The molecule has 0 saturated carbocycles. The largest absolute Gasteiger partial charge is 0.396 e. The average Bonchev–Trinajstić information content (AvgIpc) is 2.28. The van der Waals surface area contributed by atoms with E-state index in [1.807, 2.05) is 6.07 Å². The van der Waals surface area contributed by atoms with Crippen molar-refractivity contribution in [2.75, 3.05) is 19.7 Å². The van der Waals surface area contributed by atoms with Crippen molar-refractivity contribution >= 4 is 5.91 Å². The zero-order chi connectivity index (χ0) is 11.3. The Hall–Kier alpha value is -1.08. The fraction of sp³-hybridized carbons (Fsp3) is 0.818. The third-order valence-electron chi connectivity index (χ3n) is 2.93. The number of likely N-dealkylation sites (tertiary alicyclic amines) is 1. The number of aliphatic hydroxyl groups is 1. The van der Waals surface area contributed by atoms with Crippen LogP contribution in [0.4, 0.5) is 0 Å². The highest BCUT2D eigenvalue weighted by molar-refractivity contribution is 5.80. The summed E-state index contributed by atoms with van der Waals surface area (Å²) >= 11 is 0. The molecule has 1 aliphatic heterocycles. The number of hydrogen-bond acceptors (Lipinski definition) is 3. The van der Waals surface area contributed by atoms with Crippen molar-refractivity contribution in [3.05, 3.63) is 0 Å². The quantitative estimate of drug-likeness (QED) is 0.748. The molecule has 0 aromatic heterocycles. The van der Waals surface area contributed by atoms with Gasteiger partial charge in [-0.15, -0.1) is 0 Å². The molecular formula is C11H18N2O2. The van der Waals surface area contributed by atoms with Gasteiger partial charge in [0.15, 0.2) is 0 Å². The van der Waals surface area contributed by atoms with E-state index in [9.17, 15) is 4.79 Å². The Labute approximate surface area is 90.5 Å². The summed E-state index contributed by atoms with van der Waals surface area (Å²) in [5.41, 5.74) is 0. The Morgan fingerprint density at radius 3 is 3.07 bits per heavy atom. The molecule has 1 aliphatic rings. The van der Waals surface area contributed by atoms with Crippen LogP contribution in [0.1, 0.15) is 26.2 Å².